The third-order valence-corrected chi connectivity index (χ3v) is 3.14. The van der Waals surface area contributed by atoms with Gasteiger partial charge in [0.15, 0.2) is 0 Å². The molecular formula is C14H16N6O. The molecule has 108 valence electrons. The summed E-state index contributed by atoms with van der Waals surface area (Å²) >= 11 is 0. The molecule has 3 heterocycles. The van der Waals surface area contributed by atoms with E-state index in [4.69, 9.17) is 4.52 Å². The fraction of sp³-hybridized carbons (Fsp3) is 0.357. The van der Waals surface area contributed by atoms with Crippen LogP contribution >= 0.6 is 0 Å². The van der Waals surface area contributed by atoms with Crippen LogP contribution in [0.4, 0.5) is 0 Å². The Balaban J connectivity index is 2.00. The molecule has 0 spiro atoms. The van der Waals surface area contributed by atoms with Crippen molar-refractivity contribution in [2.45, 2.75) is 33.2 Å². The van der Waals surface area contributed by atoms with Crippen molar-refractivity contribution >= 4 is 0 Å². The smallest absolute Gasteiger partial charge is 0.276 e. The largest absolute Gasteiger partial charge is 0.332 e. The first-order valence-electron chi connectivity index (χ1n) is 6.89. The number of nitrogens with zero attached hydrogens (tertiary/aromatic N) is 6. The molecule has 0 unspecified atom stereocenters. The standard InChI is InChI=1S/C14H16N6O/c1-4-20-12(8-11(18-20)9(2)3)14-16-13(19-21-14)10-6-5-7-15-17-10/h5-9H,4H2,1-3H3. The highest BCUT2D eigenvalue weighted by atomic mass is 16.5. The van der Waals surface area contributed by atoms with Crippen molar-refractivity contribution in [1.82, 2.24) is 30.1 Å². The van der Waals surface area contributed by atoms with Crippen molar-refractivity contribution in [1.29, 1.82) is 0 Å². The minimum Gasteiger partial charge on any atom is -0.332 e. The van der Waals surface area contributed by atoms with E-state index in [1.165, 1.54) is 0 Å². The van der Waals surface area contributed by atoms with Crippen LogP contribution in [-0.2, 0) is 6.54 Å². The van der Waals surface area contributed by atoms with Crippen molar-refractivity contribution in [2.75, 3.05) is 0 Å². The predicted octanol–water partition coefficient (Wildman–Crippen LogP) is 2.53. The van der Waals surface area contributed by atoms with Crippen molar-refractivity contribution in [3.8, 4) is 23.1 Å². The zero-order valence-corrected chi connectivity index (χ0v) is 12.2. The Hall–Kier alpha value is -2.57. The Morgan fingerprint density at radius 2 is 2.19 bits per heavy atom. The van der Waals surface area contributed by atoms with Crippen molar-refractivity contribution in [2.24, 2.45) is 0 Å². The maximum absolute atomic E-state index is 5.35. The van der Waals surface area contributed by atoms with Gasteiger partial charge in [0.1, 0.15) is 11.4 Å². The molecule has 0 saturated carbocycles. The maximum Gasteiger partial charge on any atom is 0.276 e. The second kappa shape index (κ2) is 5.43. The summed E-state index contributed by atoms with van der Waals surface area (Å²) in [6.45, 7) is 6.97. The highest BCUT2D eigenvalue weighted by molar-refractivity contribution is 5.54. The van der Waals surface area contributed by atoms with Crippen LogP contribution in [0.5, 0.6) is 0 Å². The number of hydrogen-bond donors (Lipinski definition) is 0. The molecule has 3 aromatic rings. The summed E-state index contributed by atoms with van der Waals surface area (Å²) in [7, 11) is 0. The molecular weight excluding hydrogens is 268 g/mol. The molecule has 0 atom stereocenters. The van der Waals surface area contributed by atoms with E-state index in [0.717, 1.165) is 17.9 Å². The molecule has 3 aromatic heterocycles. The monoisotopic (exact) mass is 284 g/mol. The van der Waals surface area contributed by atoms with Crippen LogP contribution in [0, 0.1) is 0 Å². The van der Waals surface area contributed by atoms with Crippen LogP contribution in [0.25, 0.3) is 23.1 Å². The van der Waals surface area contributed by atoms with Crippen LogP contribution in [0.1, 0.15) is 32.4 Å². The van der Waals surface area contributed by atoms with Crippen LogP contribution in [0.3, 0.4) is 0 Å². The van der Waals surface area contributed by atoms with Gasteiger partial charge in [-0.15, -0.1) is 5.10 Å². The first kappa shape index (κ1) is 13.4. The van der Waals surface area contributed by atoms with Gasteiger partial charge in [-0.1, -0.05) is 19.0 Å². The lowest BCUT2D eigenvalue weighted by Crippen LogP contribution is -2.00. The number of aromatic nitrogens is 6. The van der Waals surface area contributed by atoms with Crippen LogP contribution in [0.15, 0.2) is 28.9 Å². The zero-order chi connectivity index (χ0) is 14.8. The van der Waals surface area contributed by atoms with Crippen molar-refractivity contribution in [3.63, 3.8) is 0 Å². The van der Waals surface area contributed by atoms with Crippen LogP contribution in [-0.4, -0.2) is 30.1 Å². The Bertz CT molecular complexity index is 731. The fourth-order valence-corrected chi connectivity index (χ4v) is 1.98. The molecule has 7 nitrogen and oxygen atoms in total. The normalized spacial score (nSPS) is 11.2. The molecule has 3 rings (SSSR count). The van der Waals surface area contributed by atoms with Gasteiger partial charge >= 0.3 is 0 Å². The average molecular weight is 284 g/mol. The van der Waals surface area contributed by atoms with Crippen molar-refractivity contribution < 1.29 is 4.52 Å². The Morgan fingerprint density at radius 3 is 2.86 bits per heavy atom. The first-order valence-corrected chi connectivity index (χ1v) is 6.89. The topological polar surface area (TPSA) is 82.5 Å². The predicted molar refractivity (Wildman–Crippen MR) is 76.3 cm³/mol. The van der Waals surface area contributed by atoms with E-state index >= 15 is 0 Å². The molecule has 0 aliphatic carbocycles. The average Bonchev–Trinajstić information content (AvgIpc) is 3.14. The van der Waals surface area contributed by atoms with Gasteiger partial charge < -0.3 is 4.52 Å². The molecule has 0 saturated heterocycles. The van der Waals surface area contributed by atoms with Gasteiger partial charge in [-0.05, 0) is 31.0 Å². The van der Waals surface area contributed by atoms with Gasteiger partial charge in [0, 0.05) is 12.7 Å². The quantitative estimate of drug-likeness (QED) is 0.732. The second-order valence-corrected chi connectivity index (χ2v) is 4.96. The van der Waals surface area contributed by atoms with E-state index in [-0.39, 0.29) is 0 Å². The lowest BCUT2D eigenvalue weighted by Gasteiger charge is -1.99. The van der Waals surface area contributed by atoms with Gasteiger partial charge in [-0.3, -0.25) is 4.68 Å². The van der Waals surface area contributed by atoms with E-state index in [1.807, 2.05) is 17.7 Å². The summed E-state index contributed by atoms with van der Waals surface area (Å²) in [5.74, 6) is 1.21. The molecule has 0 bridgehead atoms. The minimum atomic E-state index is 0.346. The molecule has 0 radical (unpaired) electrons. The summed E-state index contributed by atoms with van der Waals surface area (Å²) in [6, 6.07) is 5.56. The summed E-state index contributed by atoms with van der Waals surface area (Å²) in [5.41, 5.74) is 2.41. The molecule has 0 amide bonds. The van der Waals surface area contributed by atoms with Crippen molar-refractivity contribution in [3.05, 3.63) is 30.1 Å². The van der Waals surface area contributed by atoms with E-state index < -0.39 is 0 Å². The molecule has 0 aliphatic rings. The van der Waals surface area contributed by atoms with Crippen LogP contribution in [0.2, 0.25) is 0 Å². The van der Waals surface area contributed by atoms with Gasteiger partial charge in [-0.25, -0.2) is 0 Å². The summed E-state index contributed by atoms with van der Waals surface area (Å²) in [4.78, 5) is 4.39. The number of aryl methyl sites for hydroxylation is 1. The molecule has 0 aliphatic heterocycles. The zero-order valence-electron chi connectivity index (χ0n) is 12.2. The Morgan fingerprint density at radius 1 is 1.33 bits per heavy atom. The SMILES string of the molecule is CCn1nc(C(C)C)cc1-c1nc(-c2cccnn2)no1. The lowest BCUT2D eigenvalue weighted by molar-refractivity contribution is 0.427. The second-order valence-electron chi connectivity index (χ2n) is 4.96. The van der Waals surface area contributed by atoms with Gasteiger partial charge in [0.2, 0.25) is 5.82 Å². The highest BCUT2D eigenvalue weighted by Gasteiger charge is 2.18. The Labute approximate surface area is 122 Å². The molecule has 7 heteroatoms. The van der Waals surface area contributed by atoms with E-state index in [9.17, 15) is 0 Å². The van der Waals surface area contributed by atoms with Gasteiger partial charge in [0.25, 0.3) is 5.89 Å². The summed E-state index contributed by atoms with van der Waals surface area (Å²) < 4.78 is 7.22. The molecule has 21 heavy (non-hydrogen) atoms. The third kappa shape index (κ3) is 2.54. The fourth-order valence-electron chi connectivity index (χ4n) is 1.98. The number of hydrogen-bond acceptors (Lipinski definition) is 6. The number of rotatable bonds is 4. The van der Waals surface area contributed by atoms with E-state index in [2.05, 4.69) is 39.3 Å². The maximum atomic E-state index is 5.35. The molecule has 0 fully saturated rings. The third-order valence-electron chi connectivity index (χ3n) is 3.14. The molecule has 0 aromatic carbocycles. The summed E-state index contributed by atoms with van der Waals surface area (Å²) in [5, 5.41) is 16.3. The highest BCUT2D eigenvalue weighted by Crippen LogP contribution is 2.24. The van der Waals surface area contributed by atoms with E-state index in [0.29, 0.717) is 23.3 Å². The lowest BCUT2D eigenvalue weighted by atomic mass is 10.1. The summed E-state index contributed by atoms with van der Waals surface area (Å²) in [6.07, 6.45) is 1.60. The van der Waals surface area contributed by atoms with Gasteiger partial charge in [0.05, 0.1) is 5.69 Å². The van der Waals surface area contributed by atoms with E-state index in [1.54, 1.807) is 18.3 Å². The van der Waals surface area contributed by atoms with Gasteiger partial charge in [-0.2, -0.15) is 15.2 Å². The molecule has 0 N–H and O–H groups in total. The minimum absolute atomic E-state index is 0.346. The first-order chi connectivity index (χ1) is 10.2. The Kier molecular flexibility index (Phi) is 3.47. The van der Waals surface area contributed by atoms with Crippen LogP contribution < -0.4 is 0 Å².